The van der Waals surface area contributed by atoms with Crippen molar-refractivity contribution in [2.24, 2.45) is 23.2 Å². The van der Waals surface area contributed by atoms with Gasteiger partial charge in [-0.3, -0.25) is 23.9 Å². The van der Waals surface area contributed by atoms with E-state index in [2.05, 4.69) is 25.8 Å². The minimum absolute atomic E-state index is 0.0443. The molecule has 0 bridgehead atoms. The van der Waals surface area contributed by atoms with Gasteiger partial charge < -0.3 is 35.2 Å². The molecule has 3 saturated carbocycles. The second-order valence-electron chi connectivity index (χ2n) is 22.8. The maximum Gasteiger partial charge on any atom is 0.433 e. The largest absolute Gasteiger partial charge is 0.494 e. The minimum atomic E-state index is -4.66. The van der Waals surface area contributed by atoms with E-state index in [1.165, 1.54) is 50.2 Å². The first kappa shape index (κ1) is 55.4. The van der Waals surface area contributed by atoms with Gasteiger partial charge in [0.25, 0.3) is 5.91 Å². The monoisotopic (exact) mass is 1090 g/mol. The smallest absolute Gasteiger partial charge is 0.433 e. The predicted molar refractivity (Wildman–Crippen MR) is 293 cm³/mol. The minimum Gasteiger partial charge on any atom is -0.494 e. The fourth-order valence-corrected chi connectivity index (χ4v) is 14.0. The molecule has 418 valence electrons. The molecule has 3 atom stereocenters. The average molecular weight is 1090 g/mol. The van der Waals surface area contributed by atoms with Crippen LogP contribution in [0, 0.1) is 23.2 Å². The Morgan fingerprint density at radius 3 is 2.38 bits per heavy atom. The highest BCUT2D eigenvalue weighted by Crippen LogP contribution is 2.54. The van der Waals surface area contributed by atoms with Gasteiger partial charge >= 0.3 is 6.18 Å². The molecule has 3 aromatic heterocycles. The molecule has 5 aromatic rings. The van der Waals surface area contributed by atoms with Gasteiger partial charge in [0.15, 0.2) is 0 Å². The molecule has 2 saturated heterocycles. The van der Waals surface area contributed by atoms with Crippen LogP contribution in [-0.4, -0.2) is 112 Å². The van der Waals surface area contributed by atoms with E-state index >= 15 is 0 Å². The van der Waals surface area contributed by atoms with Gasteiger partial charge in [0, 0.05) is 41.7 Å². The molecule has 2 aromatic carbocycles. The number of carbonyl (C=O) groups excluding carboxylic acids is 4. The highest BCUT2D eigenvalue weighted by Gasteiger charge is 2.46. The molecule has 0 radical (unpaired) electrons. The first-order chi connectivity index (χ1) is 37.7. The quantitative estimate of drug-likeness (QED) is 0.0531. The summed E-state index contributed by atoms with van der Waals surface area (Å²) in [6, 6.07) is 13.1. The van der Waals surface area contributed by atoms with Crippen molar-refractivity contribution in [2.45, 2.75) is 146 Å². The Bertz CT molecular complexity index is 2920. The van der Waals surface area contributed by atoms with Crippen molar-refractivity contribution < 1.29 is 41.8 Å². The SMILES string of the molecule is CN[C@@H](C)C(=O)N[C@H](C(=O)N1CCC[C@H]1c1nc(C(=O)c2cccc(OCCCC3CC4(CCN(CC5CCC(n6cc7cc(NC(=O)c8cccc(C(F)(F)F)n8)c(OC)cc7n6)CC5)CC4)C3)c2)cs1)C1CCCCC1. The highest BCUT2D eigenvalue weighted by atomic mass is 32.1. The summed E-state index contributed by atoms with van der Waals surface area (Å²) in [5.74, 6) is 1.35. The van der Waals surface area contributed by atoms with E-state index in [4.69, 9.17) is 19.6 Å². The summed E-state index contributed by atoms with van der Waals surface area (Å²) in [5, 5.41) is 17.0. The molecule has 3 amide bonds. The number of aromatic nitrogens is 4. The number of hydrogen-bond acceptors (Lipinski definition) is 12. The van der Waals surface area contributed by atoms with E-state index in [1.807, 2.05) is 34.0 Å². The Morgan fingerprint density at radius 2 is 1.64 bits per heavy atom. The van der Waals surface area contributed by atoms with Crippen LogP contribution in [0.5, 0.6) is 11.5 Å². The second-order valence-corrected chi connectivity index (χ2v) is 23.7. The number of nitrogens with zero attached hydrogens (tertiary/aromatic N) is 6. The predicted octanol–water partition coefficient (Wildman–Crippen LogP) is 10.8. The van der Waals surface area contributed by atoms with Gasteiger partial charge in [-0.25, -0.2) is 9.97 Å². The topological polar surface area (TPSA) is 173 Å². The van der Waals surface area contributed by atoms with Gasteiger partial charge in [-0.1, -0.05) is 37.5 Å². The number of alkyl halides is 3. The number of pyridine rings is 1. The van der Waals surface area contributed by atoms with Gasteiger partial charge in [0.1, 0.15) is 39.6 Å². The van der Waals surface area contributed by atoms with Gasteiger partial charge in [-0.2, -0.15) is 18.3 Å². The fourth-order valence-electron chi connectivity index (χ4n) is 13.1. The maximum absolute atomic E-state index is 14.3. The van der Waals surface area contributed by atoms with Crippen LogP contribution in [-0.2, 0) is 15.8 Å². The molecule has 5 aliphatic rings. The standard InChI is InChI=1S/C59H74F3N9O6S/c1-37(63-2)54(73)67-52(40-12-5-4-6-13-40)57(75)70-25-9-17-49(70)56-66-48(36-78-56)53(72)41-14-7-15-44(29-41)77-28-10-11-39-32-58(33-39)23-26-69(27-24-58)34-38-19-21-43(22-20-38)71-35-42-30-47(50(76-3)31-46(42)68-71)65-55(74)45-16-8-18-51(64-45)59(60,61)62/h7-8,14-16,18,29-31,35-40,43,49,52,63H,4-6,9-13,17,19-28,32-34H2,1-3H3,(H,65,74)(H,67,73)/t37-,38?,43?,49-,52-/m0/s1. The van der Waals surface area contributed by atoms with Crippen molar-refractivity contribution in [3.05, 3.63) is 93.8 Å². The summed E-state index contributed by atoms with van der Waals surface area (Å²) >= 11 is 1.42. The van der Waals surface area contributed by atoms with Crippen molar-refractivity contribution in [1.29, 1.82) is 0 Å². The molecule has 15 nitrogen and oxygen atoms in total. The number of likely N-dealkylation sites (tertiary alicyclic amines) is 2. The van der Waals surface area contributed by atoms with Gasteiger partial charge in [-0.15, -0.1) is 11.3 Å². The third-order valence-corrected chi connectivity index (χ3v) is 18.6. The van der Waals surface area contributed by atoms with E-state index < -0.39 is 29.9 Å². The summed E-state index contributed by atoms with van der Waals surface area (Å²) in [6.45, 7) is 6.43. The number of methoxy groups -OCH3 is 1. The zero-order valence-electron chi connectivity index (χ0n) is 45.1. The van der Waals surface area contributed by atoms with Crippen LogP contribution >= 0.6 is 11.3 Å². The number of thiazole rings is 1. The molecular formula is C59H74F3N9O6S. The molecule has 2 aliphatic heterocycles. The lowest BCUT2D eigenvalue weighted by molar-refractivity contribution is -0.141. The Balaban J connectivity index is 0.634. The lowest BCUT2D eigenvalue weighted by Gasteiger charge is -2.53. The average Bonchev–Trinajstić information content (AvgIpc) is 4.26. The maximum atomic E-state index is 14.3. The second kappa shape index (κ2) is 24.2. The van der Waals surface area contributed by atoms with Crippen molar-refractivity contribution in [3.63, 3.8) is 0 Å². The number of piperidine rings is 1. The molecular weight excluding hydrogens is 1020 g/mol. The fraction of sp³-hybridized carbons (Fsp3) is 0.576. The van der Waals surface area contributed by atoms with E-state index in [1.54, 1.807) is 37.6 Å². The van der Waals surface area contributed by atoms with Crippen LogP contribution in [0.3, 0.4) is 0 Å². The van der Waals surface area contributed by atoms with Crippen molar-refractivity contribution in [1.82, 2.24) is 40.2 Å². The van der Waals surface area contributed by atoms with E-state index in [9.17, 15) is 32.3 Å². The van der Waals surface area contributed by atoms with Crippen molar-refractivity contribution in [3.8, 4) is 11.5 Å². The van der Waals surface area contributed by atoms with Crippen molar-refractivity contribution >= 4 is 51.4 Å². The summed E-state index contributed by atoms with van der Waals surface area (Å²) in [6.07, 6.45) is 15.5. The molecule has 5 heterocycles. The molecule has 19 heteroatoms. The lowest BCUT2D eigenvalue weighted by atomic mass is 9.56. The van der Waals surface area contributed by atoms with Crippen LogP contribution in [0.4, 0.5) is 18.9 Å². The number of ketones is 1. The number of ether oxygens (including phenoxy) is 2. The van der Waals surface area contributed by atoms with Crippen LogP contribution in [0.15, 0.2) is 66.2 Å². The number of carbonyl (C=O) groups is 4. The van der Waals surface area contributed by atoms with E-state index in [0.717, 1.165) is 132 Å². The molecule has 78 heavy (non-hydrogen) atoms. The number of halogens is 3. The Kier molecular flexibility index (Phi) is 17.2. The number of amides is 3. The number of benzene rings is 2. The molecule has 1 spiro atoms. The van der Waals surface area contributed by atoms with Gasteiger partial charge in [0.05, 0.1) is 43.0 Å². The third kappa shape index (κ3) is 12.7. The Morgan fingerprint density at radius 1 is 0.872 bits per heavy atom. The highest BCUT2D eigenvalue weighted by molar-refractivity contribution is 7.10. The lowest BCUT2D eigenvalue weighted by Crippen LogP contribution is -2.55. The van der Waals surface area contributed by atoms with Crippen LogP contribution in [0.25, 0.3) is 10.9 Å². The Labute approximate surface area is 458 Å². The van der Waals surface area contributed by atoms with Crippen LogP contribution < -0.4 is 25.4 Å². The summed E-state index contributed by atoms with van der Waals surface area (Å²) in [4.78, 5) is 67.0. The number of nitrogens with one attached hydrogen (secondary N) is 3. The van der Waals surface area contributed by atoms with Gasteiger partial charge in [-0.05, 0) is 170 Å². The summed E-state index contributed by atoms with van der Waals surface area (Å²) in [7, 11) is 3.22. The number of hydrogen-bond donors (Lipinski definition) is 3. The molecule has 3 N–H and O–H groups in total. The zero-order valence-corrected chi connectivity index (χ0v) is 45.9. The normalized spacial score (nSPS) is 22.0. The summed E-state index contributed by atoms with van der Waals surface area (Å²) in [5.41, 5.74) is 0.930. The number of fused-ring (bicyclic) bond motifs is 1. The Hall–Kier alpha value is -5.92. The number of rotatable bonds is 19. The van der Waals surface area contributed by atoms with Gasteiger partial charge in [0.2, 0.25) is 17.6 Å². The molecule has 3 aliphatic carbocycles. The molecule has 0 unspecified atom stereocenters. The third-order valence-electron chi connectivity index (χ3n) is 17.6. The van der Waals surface area contributed by atoms with Crippen molar-refractivity contribution in [2.75, 3.05) is 52.3 Å². The van der Waals surface area contributed by atoms with Crippen LogP contribution in [0.1, 0.15) is 165 Å². The first-order valence-corrected chi connectivity index (χ1v) is 29.2. The van der Waals surface area contributed by atoms with E-state index in [0.29, 0.717) is 58.4 Å². The summed E-state index contributed by atoms with van der Waals surface area (Å²) < 4.78 is 53.5. The number of anilines is 1. The van der Waals surface area contributed by atoms with Crippen LogP contribution in [0.2, 0.25) is 0 Å². The zero-order chi connectivity index (χ0) is 54.6. The number of likely N-dealkylation sites (N-methyl/N-ethyl adjacent to an activating group) is 1. The molecule has 5 fully saturated rings. The molecule has 10 rings (SSSR count). The first-order valence-electron chi connectivity index (χ1n) is 28.3. The van der Waals surface area contributed by atoms with E-state index in [-0.39, 0.29) is 41.3 Å².